The molecule has 50 valence electrons. The van der Waals surface area contributed by atoms with Gasteiger partial charge in [-0.3, -0.25) is 0 Å². The molecule has 0 aromatic heterocycles. The van der Waals surface area contributed by atoms with Gasteiger partial charge in [0.2, 0.25) is 0 Å². The van der Waals surface area contributed by atoms with Crippen molar-refractivity contribution in [3.05, 3.63) is 29.3 Å². The van der Waals surface area contributed by atoms with Gasteiger partial charge in [0.05, 0.1) is 0 Å². The number of aryl methyl sites for hydroxylation is 2. The molecule has 10 heavy (non-hydrogen) atoms. The fraction of sp³-hybridized carbons (Fsp3) is 0.250. The van der Waals surface area contributed by atoms with E-state index in [-0.39, 0.29) is 29.6 Å². The van der Waals surface area contributed by atoms with Gasteiger partial charge in [-0.05, 0) is 25.5 Å². The van der Waals surface area contributed by atoms with E-state index >= 15 is 0 Å². The monoisotopic (exact) mass is 162 g/mol. The van der Waals surface area contributed by atoms with Crippen LogP contribution in [0.25, 0.3) is 0 Å². The summed E-state index contributed by atoms with van der Waals surface area (Å²) >= 11 is 4.25. The van der Waals surface area contributed by atoms with Crippen LogP contribution in [0.15, 0.2) is 23.1 Å². The molecular weight excluding hydrogens is 151 g/mol. The second-order valence-electron chi connectivity index (χ2n) is 2.29. The van der Waals surface area contributed by atoms with Gasteiger partial charge < -0.3 is 0 Å². The van der Waals surface area contributed by atoms with Gasteiger partial charge in [0, 0.05) is 4.90 Å². The summed E-state index contributed by atoms with van der Waals surface area (Å²) in [5.41, 5.74) is 2.55. The van der Waals surface area contributed by atoms with E-state index in [4.69, 9.17) is 0 Å². The Hall–Kier alpha value is 0.570. The first-order valence-corrected chi connectivity index (χ1v) is 3.41. The van der Waals surface area contributed by atoms with Gasteiger partial charge in [0.25, 0.3) is 0 Å². The molecule has 1 aromatic carbocycles. The molecule has 1 aromatic rings. The third-order valence-electron chi connectivity index (χ3n) is 1.35. The second-order valence-corrected chi connectivity index (χ2v) is 2.77. The topological polar surface area (TPSA) is 0 Å². The quantitative estimate of drug-likeness (QED) is 0.437. The number of benzene rings is 1. The third kappa shape index (κ3) is 2.67. The average Bonchev–Trinajstić information content (AvgIpc) is 1.80. The molecule has 0 unspecified atom stereocenters. The van der Waals surface area contributed by atoms with E-state index in [2.05, 4.69) is 38.6 Å². The summed E-state index contributed by atoms with van der Waals surface area (Å²) in [4.78, 5) is 1.07. The number of rotatable bonds is 0. The summed E-state index contributed by atoms with van der Waals surface area (Å²) < 4.78 is 0. The van der Waals surface area contributed by atoms with Crippen LogP contribution in [-0.4, -0.2) is 29.6 Å². The zero-order chi connectivity index (χ0) is 6.85. The zero-order valence-corrected chi connectivity index (χ0v) is 6.57. The summed E-state index contributed by atoms with van der Waals surface area (Å²) in [5.74, 6) is 0. The molecule has 0 nitrogen and oxygen atoms in total. The summed E-state index contributed by atoms with van der Waals surface area (Å²) in [7, 11) is 0. The fourth-order valence-electron chi connectivity index (χ4n) is 0.805. The Bertz CT molecular complexity index is 220. The van der Waals surface area contributed by atoms with E-state index in [9.17, 15) is 0 Å². The van der Waals surface area contributed by atoms with E-state index in [1.807, 2.05) is 6.07 Å². The van der Waals surface area contributed by atoms with Gasteiger partial charge in [-0.1, -0.05) is 17.7 Å². The van der Waals surface area contributed by atoms with E-state index in [0.29, 0.717) is 0 Å². The maximum absolute atomic E-state index is 4.25. The van der Waals surface area contributed by atoms with Gasteiger partial charge in [0.15, 0.2) is 0 Å². The molecule has 2 heteroatoms. The Morgan fingerprint density at radius 3 is 2.20 bits per heavy atom. The normalized spacial score (nSPS) is 8.70. The van der Waals surface area contributed by atoms with E-state index < -0.39 is 0 Å². The Kier molecular flexibility index (Phi) is 4.70. The molecule has 0 aliphatic carbocycles. The molecule has 0 atom stereocenters. The number of thiol groups is 1. The fourth-order valence-corrected chi connectivity index (χ4v) is 0.944. The first-order valence-electron chi connectivity index (χ1n) is 2.96. The van der Waals surface area contributed by atoms with Crippen LogP contribution in [0.3, 0.4) is 0 Å². The molecule has 0 fully saturated rings. The summed E-state index contributed by atoms with van der Waals surface area (Å²) in [5, 5.41) is 0. The van der Waals surface area contributed by atoms with Gasteiger partial charge in [-0.15, -0.1) is 12.6 Å². The number of hydrogen-bond donors (Lipinski definition) is 1. The van der Waals surface area contributed by atoms with Gasteiger partial charge in [0.1, 0.15) is 0 Å². The summed E-state index contributed by atoms with van der Waals surface area (Å²) in [6, 6.07) is 6.21. The molecule has 0 aliphatic heterocycles. The Morgan fingerprint density at radius 2 is 1.80 bits per heavy atom. The van der Waals surface area contributed by atoms with Gasteiger partial charge in [-0.25, -0.2) is 0 Å². The molecule has 0 aliphatic rings. The van der Waals surface area contributed by atoms with E-state index in [0.717, 1.165) is 4.90 Å². The second kappa shape index (κ2) is 4.45. The third-order valence-corrected chi connectivity index (χ3v) is 1.85. The van der Waals surface area contributed by atoms with Gasteiger partial charge >= 0.3 is 29.6 Å². The average molecular weight is 162 g/mol. The molecule has 1 rings (SSSR count). The van der Waals surface area contributed by atoms with Crippen molar-refractivity contribution in [3.8, 4) is 0 Å². The molecule has 0 amide bonds. The molecule has 0 heterocycles. The molecule has 0 N–H and O–H groups in total. The van der Waals surface area contributed by atoms with Crippen molar-refractivity contribution in [1.82, 2.24) is 0 Å². The molecule has 0 bridgehead atoms. The van der Waals surface area contributed by atoms with Crippen molar-refractivity contribution in [2.75, 3.05) is 0 Å². The maximum atomic E-state index is 4.25. The Morgan fingerprint density at radius 1 is 1.20 bits per heavy atom. The van der Waals surface area contributed by atoms with Crippen LogP contribution in [0.1, 0.15) is 11.1 Å². The van der Waals surface area contributed by atoms with E-state index in [1.54, 1.807) is 0 Å². The Labute approximate surface area is 89.7 Å². The van der Waals surface area contributed by atoms with Crippen LogP contribution in [0, 0.1) is 13.8 Å². The van der Waals surface area contributed by atoms with Gasteiger partial charge in [-0.2, -0.15) is 0 Å². The summed E-state index contributed by atoms with van der Waals surface area (Å²) in [6.07, 6.45) is 0. The Balaban J connectivity index is 0.000000810. The van der Waals surface area contributed by atoms with Crippen LogP contribution in [-0.2, 0) is 0 Å². The van der Waals surface area contributed by atoms with Crippen LogP contribution < -0.4 is 0 Å². The van der Waals surface area contributed by atoms with Crippen molar-refractivity contribution >= 4 is 42.2 Å². The molecule has 0 saturated carbocycles. The first kappa shape index (κ1) is 10.6. The van der Waals surface area contributed by atoms with E-state index in [1.165, 1.54) is 11.1 Å². The van der Waals surface area contributed by atoms with Crippen molar-refractivity contribution in [1.29, 1.82) is 0 Å². The van der Waals surface area contributed by atoms with Crippen LogP contribution in [0.4, 0.5) is 0 Å². The minimum absolute atomic E-state index is 0. The minimum atomic E-state index is 0. The first-order chi connectivity index (χ1) is 4.20. The van der Waals surface area contributed by atoms with Crippen molar-refractivity contribution in [2.24, 2.45) is 0 Å². The SMILES string of the molecule is Cc1ccc(S)c(C)c1.[NaH]. The predicted molar refractivity (Wildman–Crippen MR) is 50.3 cm³/mol. The molecule has 0 spiro atoms. The van der Waals surface area contributed by atoms with Crippen molar-refractivity contribution in [3.63, 3.8) is 0 Å². The predicted octanol–water partition coefficient (Wildman–Crippen LogP) is 1.94. The molecular formula is C8H11NaS. The molecule has 0 saturated heterocycles. The van der Waals surface area contributed by atoms with Crippen LogP contribution in [0.5, 0.6) is 0 Å². The van der Waals surface area contributed by atoms with Crippen LogP contribution in [0.2, 0.25) is 0 Å². The zero-order valence-electron chi connectivity index (χ0n) is 5.68. The number of hydrogen-bond acceptors (Lipinski definition) is 1. The van der Waals surface area contributed by atoms with Crippen molar-refractivity contribution in [2.45, 2.75) is 18.7 Å². The molecule has 0 radical (unpaired) electrons. The van der Waals surface area contributed by atoms with Crippen molar-refractivity contribution < 1.29 is 0 Å². The van der Waals surface area contributed by atoms with Crippen LogP contribution >= 0.6 is 12.6 Å². The summed E-state index contributed by atoms with van der Waals surface area (Å²) in [6.45, 7) is 4.15. The standard InChI is InChI=1S/C8H10S.Na.H/c1-6-3-4-8(9)7(2)5-6;;/h3-5,9H,1-2H3;;.